The molecular weight excluding hydrogens is 268 g/mol. The van der Waals surface area contributed by atoms with Crippen molar-refractivity contribution in [1.82, 2.24) is 13.9 Å². The lowest BCUT2D eigenvalue weighted by Gasteiger charge is -2.26. The Labute approximate surface area is 111 Å². The Morgan fingerprint density at radius 1 is 1.26 bits per heavy atom. The Kier molecular flexibility index (Phi) is 3.13. The van der Waals surface area contributed by atoms with Crippen molar-refractivity contribution in [2.45, 2.75) is 0 Å². The number of ether oxygens (including phenoxy) is 1. The summed E-state index contributed by atoms with van der Waals surface area (Å²) in [6.07, 6.45) is 3.38. The minimum absolute atomic E-state index is 0.379. The largest absolute Gasteiger partial charge is 0.379 e. The van der Waals surface area contributed by atoms with E-state index in [-0.39, 0.29) is 0 Å². The van der Waals surface area contributed by atoms with Crippen molar-refractivity contribution in [2.75, 3.05) is 31.0 Å². The Hall–Kier alpha value is -1.64. The number of pyridine rings is 1. The smallest absolute Gasteiger partial charge is 0.301 e. The van der Waals surface area contributed by atoms with Crippen molar-refractivity contribution in [1.29, 1.82) is 0 Å². The van der Waals surface area contributed by atoms with Gasteiger partial charge in [-0.1, -0.05) is 0 Å². The van der Waals surface area contributed by atoms with Gasteiger partial charge in [-0.25, -0.2) is 4.52 Å². The summed E-state index contributed by atoms with van der Waals surface area (Å²) in [7, 11) is -3.51. The fourth-order valence-electron chi connectivity index (χ4n) is 1.99. The van der Waals surface area contributed by atoms with Gasteiger partial charge in [0.2, 0.25) is 0 Å². The zero-order valence-corrected chi connectivity index (χ0v) is 11.0. The highest BCUT2D eigenvalue weighted by atomic mass is 32.2. The van der Waals surface area contributed by atoms with E-state index in [9.17, 15) is 8.42 Å². The standard InChI is InChI=1S/C11H14N4O3S/c16-19(17,14-5-7-18-8-6-14)13-10-2-4-15-11(9-10)1-3-12-15/h1-4,9,13H,5-8H2. The lowest BCUT2D eigenvalue weighted by atomic mass is 10.4. The highest BCUT2D eigenvalue weighted by molar-refractivity contribution is 7.90. The van der Waals surface area contributed by atoms with E-state index < -0.39 is 10.2 Å². The third-order valence-corrected chi connectivity index (χ3v) is 4.50. The van der Waals surface area contributed by atoms with Gasteiger partial charge in [0.15, 0.2) is 0 Å². The molecule has 2 aromatic rings. The van der Waals surface area contributed by atoms with Gasteiger partial charge in [0.05, 0.1) is 24.4 Å². The summed E-state index contributed by atoms with van der Waals surface area (Å²) in [5.41, 5.74) is 1.36. The third-order valence-electron chi connectivity index (χ3n) is 2.96. The van der Waals surface area contributed by atoms with Gasteiger partial charge in [-0.15, -0.1) is 0 Å². The normalized spacial score (nSPS) is 17.7. The van der Waals surface area contributed by atoms with Crippen molar-refractivity contribution in [3.05, 3.63) is 30.6 Å². The molecule has 0 spiro atoms. The highest BCUT2D eigenvalue weighted by Gasteiger charge is 2.24. The molecule has 0 aliphatic carbocycles. The summed E-state index contributed by atoms with van der Waals surface area (Å²) >= 11 is 0. The number of aromatic nitrogens is 2. The maximum atomic E-state index is 12.2. The average Bonchev–Trinajstić information content (AvgIpc) is 2.87. The first-order valence-electron chi connectivity index (χ1n) is 5.94. The van der Waals surface area contributed by atoms with Crippen LogP contribution in [0, 0.1) is 0 Å². The number of hydrogen-bond acceptors (Lipinski definition) is 4. The van der Waals surface area contributed by atoms with E-state index in [1.54, 1.807) is 29.0 Å². The maximum Gasteiger partial charge on any atom is 0.301 e. The molecule has 0 radical (unpaired) electrons. The van der Waals surface area contributed by atoms with Crippen LogP contribution in [0.25, 0.3) is 5.52 Å². The van der Waals surface area contributed by atoms with Gasteiger partial charge in [0.25, 0.3) is 0 Å². The average molecular weight is 282 g/mol. The topological polar surface area (TPSA) is 75.9 Å². The minimum Gasteiger partial charge on any atom is -0.379 e. The fourth-order valence-corrected chi connectivity index (χ4v) is 3.17. The summed E-state index contributed by atoms with van der Waals surface area (Å²) in [6.45, 7) is 1.62. The van der Waals surface area contributed by atoms with Crippen molar-refractivity contribution in [2.24, 2.45) is 0 Å². The van der Waals surface area contributed by atoms with Gasteiger partial charge in [-0.2, -0.15) is 17.8 Å². The number of rotatable bonds is 3. The minimum atomic E-state index is -3.51. The van der Waals surface area contributed by atoms with Gasteiger partial charge in [0, 0.05) is 25.5 Å². The molecular formula is C11H14N4O3S. The van der Waals surface area contributed by atoms with E-state index in [4.69, 9.17) is 4.74 Å². The second kappa shape index (κ2) is 4.80. The van der Waals surface area contributed by atoms with Crippen LogP contribution in [0.2, 0.25) is 0 Å². The van der Waals surface area contributed by atoms with Gasteiger partial charge in [-0.05, 0) is 18.2 Å². The van der Waals surface area contributed by atoms with Gasteiger partial charge in [0.1, 0.15) is 0 Å². The van der Waals surface area contributed by atoms with Crippen molar-refractivity contribution in [3.63, 3.8) is 0 Å². The Balaban J connectivity index is 1.82. The molecule has 7 nitrogen and oxygen atoms in total. The molecule has 19 heavy (non-hydrogen) atoms. The first-order valence-corrected chi connectivity index (χ1v) is 7.38. The molecule has 0 aromatic carbocycles. The highest BCUT2D eigenvalue weighted by Crippen LogP contribution is 2.15. The number of anilines is 1. The van der Waals surface area contributed by atoms with E-state index in [1.807, 2.05) is 6.07 Å². The lowest BCUT2D eigenvalue weighted by molar-refractivity contribution is 0.0733. The van der Waals surface area contributed by atoms with Crippen LogP contribution in [0.5, 0.6) is 0 Å². The Morgan fingerprint density at radius 3 is 2.84 bits per heavy atom. The van der Waals surface area contributed by atoms with Crippen LogP contribution in [-0.4, -0.2) is 48.6 Å². The van der Waals surface area contributed by atoms with Gasteiger partial charge in [-0.3, -0.25) is 4.72 Å². The molecule has 0 unspecified atom stereocenters. The lowest BCUT2D eigenvalue weighted by Crippen LogP contribution is -2.43. The van der Waals surface area contributed by atoms with E-state index in [2.05, 4.69) is 9.82 Å². The second-order valence-electron chi connectivity index (χ2n) is 4.23. The molecule has 0 bridgehead atoms. The van der Waals surface area contributed by atoms with Crippen LogP contribution in [0.3, 0.4) is 0 Å². The number of nitrogens with one attached hydrogen (secondary N) is 1. The summed E-state index contributed by atoms with van der Waals surface area (Å²) in [5.74, 6) is 0. The molecule has 0 saturated carbocycles. The van der Waals surface area contributed by atoms with Crippen LogP contribution in [-0.2, 0) is 14.9 Å². The van der Waals surface area contributed by atoms with E-state index in [0.29, 0.717) is 32.0 Å². The number of hydrogen-bond donors (Lipinski definition) is 1. The van der Waals surface area contributed by atoms with Crippen molar-refractivity contribution in [3.8, 4) is 0 Å². The van der Waals surface area contributed by atoms with Crippen LogP contribution in [0.15, 0.2) is 30.6 Å². The molecule has 3 rings (SSSR count). The summed E-state index contributed by atoms with van der Waals surface area (Å²) < 4.78 is 35.1. The monoisotopic (exact) mass is 282 g/mol. The molecule has 0 amide bonds. The maximum absolute atomic E-state index is 12.2. The van der Waals surface area contributed by atoms with E-state index in [1.165, 1.54) is 4.31 Å². The zero-order valence-electron chi connectivity index (χ0n) is 10.2. The molecule has 1 aliphatic rings. The summed E-state index contributed by atoms with van der Waals surface area (Å²) in [5, 5.41) is 4.06. The SMILES string of the molecule is O=S(=O)(Nc1ccn2nccc2c1)N1CCOCC1. The molecule has 8 heteroatoms. The number of nitrogens with zero attached hydrogens (tertiary/aromatic N) is 3. The Bertz CT molecular complexity index is 676. The molecule has 3 heterocycles. The fraction of sp³-hybridized carbons (Fsp3) is 0.364. The number of morpholine rings is 1. The number of fused-ring (bicyclic) bond motifs is 1. The predicted molar refractivity (Wildman–Crippen MR) is 70.1 cm³/mol. The van der Waals surface area contributed by atoms with Crippen LogP contribution >= 0.6 is 0 Å². The summed E-state index contributed by atoms with van der Waals surface area (Å²) in [6, 6.07) is 5.23. The molecule has 102 valence electrons. The van der Waals surface area contributed by atoms with Crippen molar-refractivity contribution < 1.29 is 13.2 Å². The zero-order chi connectivity index (χ0) is 13.3. The molecule has 1 fully saturated rings. The molecule has 2 aromatic heterocycles. The van der Waals surface area contributed by atoms with Crippen LogP contribution in [0.4, 0.5) is 5.69 Å². The summed E-state index contributed by atoms with van der Waals surface area (Å²) in [4.78, 5) is 0. The molecule has 1 saturated heterocycles. The molecule has 0 atom stereocenters. The van der Waals surface area contributed by atoms with Crippen LogP contribution in [0.1, 0.15) is 0 Å². The quantitative estimate of drug-likeness (QED) is 0.880. The third kappa shape index (κ3) is 2.55. The second-order valence-corrected chi connectivity index (χ2v) is 5.91. The van der Waals surface area contributed by atoms with Gasteiger partial charge < -0.3 is 4.74 Å². The molecule has 1 aliphatic heterocycles. The predicted octanol–water partition coefficient (Wildman–Crippen LogP) is 0.323. The van der Waals surface area contributed by atoms with Crippen LogP contribution < -0.4 is 4.72 Å². The Morgan fingerprint density at radius 2 is 2.05 bits per heavy atom. The van der Waals surface area contributed by atoms with E-state index in [0.717, 1.165) is 5.52 Å². The first kappa shape index (κ1) is 12.4. The molecule has 1 N–H and O–H groups in total. The first-order chi connectivity index (χ1) is 9.15. The van der Waals surface area contributed by atoms with Crippen molar-refractivity contribution >= 4 is 21.4 Å². The van der Waals surface area contributed by atoms with E-state index >= 15 is 0 Å². The van der Waals surface area contributed by atoms with Gasteiger partial charge >= 0.3 is 10.2 Å².